The van der Waals surface area contributed by atoms with Crippen molar-refractivity contribution in [3.05, 3.63) is 18.5 Å². The number of aliphatic imine (C=N–C) groups is 1. The highest BCUT2D eigenvalue weighted by atomic mass is 14.9. The average Bonchev–Trinajstić information content (AvgIpc) is 1.66. The van der Waals surface area contributed by atoms with Crippen molar-refractivity contribution >= 4 is 12.1 Å². The quantitative estimate of drug-likeness (QED) is 0.492. The lowest BCUT2D eigenvalue weighted by molar-refractivity contribution is 1.28. The summed E-state index contributed by atoms with van der Waals surface area (Å²) in [5.41, 5.74) is 5.03. The van der Waals surface area contributed by atoms with Crippen LogP contribution in [0, 0.1) is 5.41 Å². The maximum Gasteiger partial charge on any atom is 0.116 e. The van der Waals surface area contributed by atoms with Crippen molar-refractivity contribution in [2.24, 2.45) is 10.7 Å². The van der Waals surface area contributed by atoms with Gasteiger partial charge in [-0.05, 0) is 5.87 Å². The van der Waals surface area contributed by atoms with E-state index in [2.05, 4.69) is 11.6 Å². The third-order valence-electron chi connectivity index (χ3n) is 0.398. The average molecular weight is 109 g/mol. The van der Waals surface area contributed by atoms with Crippen LogP contribution in [0.15, 0.2) is 23.5 Å². The molecule has 8 heavy (non-hydrogen) atoms. The number of hydrogen-bond acceptors (Lipinski definition) is 3. The topological polar surface area (TPSA) is 62.2 Å². The van der Waals surface area contributed by atoms with Gasteiger partial charge in [0.1, 0.15) is 5.82 Å². The first-order valence-corrected chi connectivity index (χ1v) is 2.00. The number of rotatable bonds is 2. The Bertz CT molecular complexity index is 147. The molecule has 3 nitrogen and oxygen atoms in total. The van der Waals surface area contributed by atoms with E-state index < -0.39 is 0 Å². The molecule has 0 spiro atoms. The molecule has 42 valence electrons. The van der Waals surface area contributed by atoms with Crippen molar-refractivity contribution in [2.45, 2.75) is 0 Å². The molecule has 0 aromatic rings. The molecule has 0 unspecified atom stereocenters. The standard InChI is InChI=1S/C5H7N3/c1-5(7)8-4-2-3-6/h2,4,6H,1,7H2. The Hall–Kier alpha value is -1.34. The molecule has 0 fully saturated rings. The molecule has 0 saturated carbocycles. The zero-order chi connectivity index (χ0) is 6.41. The molecule has 0 bridgehead atoms. The van der Waals surface area contributed by atoms with Crippen LogP contribution in [0.3, 0.4) is 0 Å². The van der Waals surface area contributed by atoms with Gasteiger partial charge in [0.2, 0.25) is 0 Å². The zero-order valence-electron chi connectivity index (χ0n) is 4.39. The van der Waals surface area contributed by atoms with Gasteiger partial charge in [0.05, 0.1) is 0 Å². The Morgan fingerprint density at radius 1 is 1.88 bits per heavy atom. The summed E-state index contributed by atoms with van der Waals surface area (Å²) >= 11 is 0. The first-order valence-electron chi connectivity index (χ1n) is 2.00. The molecule has 0 aromatic heterocycles. The summed E-state index contributed by atoms with van der Waals surface area (Å²) in [6.07, 6.45) is 2.69. The van der Waals surface area contributed by atoms with E-state index in [1.165, 1.54) is 12.3 Å². The monoisotopic (exact) mass is 109 g/mol. The lowest BCUT2D eigenvalue weighted by atomic mass is 10.7. The molecule has 0 aliphatic carbocycles. The fraction of sp³-hybridized carbons (Fsp3) is 0. The van der Waals surface area contributed by atoms with Crippen LogP contribution in [0.5, 0.6) is 0 Å². The van der Waals surface area contributed by atoms with E-state index in [1.807, 2.05) is 5.87 Å². The van der Waals surface area contributed by atoms with E-state index in [9.17, 15) is 0 Å². The second-order valence-corrected chi connectivity index (χ2v) is 1.08. The minimum absolute atomic E-state index is 0.233. The lowest BCUT2D eigenvalue weighted by Crippen LogP contribution is -1.88. The Morgan fingerprint density at radius 3 is 2.88 bits per heavy atom. The molecule has 0 aliphatic rings. The minimum Gasteiger partial charge on any atom is -0.384 e. The van der Waals surface area contributed by atoms with Gasteiger partial charge in [-0.3, -0.25) is 5.41 Å². The van der Waals surface area contributed by atoms with Crippen molar-refractivity contribution < 1.29 is 0 Å². The highest BCUT2D eigenvalue weighted by Crippen LogP contribution is 1.73. The molecule has 0 amide bonds. The number of nitrogens with two attached hydrogens (primary N) is 1. The SMILES string of the molecule is C=C(N)N=CC=C=N. The summed E-state index contributed by atoms with van der Waals surface area (Å²) in [7, 11) is 0. The van der Waals surface area contributed by atoms with Gasteiger partial charge in [-0.1, -0.05) is 6.58 Å². The summed E-state index contributed by atoms with van der Waals surface area (Å²) in [5.74, 6) is 2.23. The van der Waals surface area contributed by atoms with Crippen molar-refractivity contribution in [2.75, 3.05) is 0 Å². The van der Waals surface area contributed by atoms with Gasteiger partial charge >= 0.3 is 0 Å². The highest BCUT2D eigenvalue weighted by Gasteiger charge is 1.66. The maximum absolute atomic E-state index is 6.38. The molecule has 0 saturated heterocycles. The van der Waals surface area contributed by atoms with E-state index in [0.29, 0.717) is 0 Å². The Morgan fingerprint density at radius 2 is 2.50 bits per heavy atom. The first-order chi connectivity index (χ1) is 3.77. The molecule has 0 rings (SSSR count). The Labute approximate surface area is 47.7 Å². The maximum atomic E-state index is 6.38. The van der Waals surface area contributed by atoms with Crippen LogP contribution in [-0.4, -0.2) is 12.1 Å². The molecule has 0 aromatic carbocycles. The molecule has 0 atom stereocenters. The summed E-state index contributed by atoms with van der Waals surface area (Å²) in [6, 6.07) is 0. The molecular formula is C5H7N3. The fourth-order valence-corrected chi connectivity index (χ4v) is 0.170. The van der Waals surface area contributed by atoms with Crippen LogP contribution in [0.25, 0.3) is 0 Å². The predicted octanol–water partition coefficient (Wildman–Crippen LogP) is 0.292. The van der Waals surface area contributed by atoms with Gasteiger partial charge in [0.25, 0.3) is 0 Å². The second-order valence-electron chi connectivity index (χ2n) is 1.08. The number of nitrogens with one attached hydrogen (secondary N) is 1. The van der Waals surface area contributed by atoms with Crippen molar-refractivity contribution in [1.29, 1.82) is 5.41 Å². The van der Waals surface area contributed by atoms with Gasteiger partial charge in [0, 0.05) is 12.3 Å². The van der Waals surface area contributed by atoms with E-state index in [-0.39, 0.29) is 5.82 Å². The highest BCUT2D eigenvalue weighted by molar-refractivity contribution is 5.82. The predicted molar refractivity (Wildman–Crippen MR) is 34.1 cm³/mol. The van der Waals surface area contributed by atoms with Gasteiger partial charge in [0.15, 0.2) is 0 Å². The van der Waals surface area contributed by atoms with Crippen LogP contribution in [-0.2, 0) is 0 Å². The van der Waals surface area contributed by atoms with Crippen LogP contribution in [0.2, 0.25) is 0 Å². The fourth-order valence-electron chi connectivity index (χ4n) is 0.170. The van der Waals surface area contributed by atoms with Crippen molar-refractivity contribution in [1.82, 2.24) is 0 Å². The van der Waals surface area contributed by atoms with Crippen LogP contribution in [0.4, 0.5) is 0 Å². The largest absolute Gasteiger partial charge is 0.384 e. The molecule has 0 heterocycles. The first kappa shape index (κ1) is 6.66. The molecular weight excluding hydrogens is 102 g/mol. The smallest absolute Gasteiger partial charge is 0.116 e. The third kappa shape index (κ3) is 4.66. The van der Waals surface area contributed by atoms with Gasteiger partial charge < -0.3 is 5.73 Å². The van der Waals surface area contributed by atoms with Crippen LogP contribution < -0.4 is 5.73 Å². The third-order valence-corrected chi connectivity index (χ3v) is 0.398. The normalized spacial score (nSPS) is 8.50. The Kier molecular flexibility index (Phi) is 3.19. The van der Waals surface area contributed by atoms with E-state index in [4.69, 9.17) is 11.1 Å². The zero-order valence-corrected chi connectivity index (χ0v) is 4.39. The molecule has 0 aliphatic heterocycles. The minimum atomic E-state index is 0.233. The summed E-state index contributed by atoms with van der Waals surface area (Å²) < 4.78 is 0. The van der Waals surface area contributed by atoms with Crippen LogP contribution in [0.1, 0.15) is 0 Å². The molecule has 3 heteroatoms. The van der Waals surface area contributed by atoms with Gasteiger partial charge in [-0.25, -0.2) is 4.99 Å². The van der Waals surface area contributed by atoms with Gasteiger partial charge in [-0.2, -0.15) is 0 Å². The second kappa shape index (κ2) is 3.84. The number of nitrogens with zero attached hydrogens (tertiary/aromatic N) is 1. The Balaban J connectivity index is 3.67. The van der Waals surface area contributed by atoms with E-state index in [0.717, 1.165) is 0 Å². The molecule has 3 N–H and O–H groups in total. The van der Waals surface area contributed by atoms with Crippen molar-refractivity contribution in [3.8, 4) is 0 Å². The summed E-state index contributed by atoms with van der Waals surface area (Å²) in [4.78, 5) is 3.53. The number of allylic oxidation sites excluding steroid dienone is 1. The molecule has 0 radical (unpaired) electrons. The lowest BCUT2D eigenvalue weighted by Gasteiger charge is -1.79. The summed E-state index contributed by atoms with van der Waals surface area (Å²) in [6.45, 7) is 3.30. The van der Waals surface area contributed by atoms with Crippen LogP contribution >= 0.6 is 0 Å². The summed E-state index contributed by atoms with van der Waals surface area (Å²) in [5, 5.41) is 6.38. The van der Waals surface area contributed by atoms with E-state index >= 15 is 0 Å². The van der Waals surface area contributed by atoms with Gasteiger partial charge in [-0.15, -0.1) is 0 Å². The van der Waals surface area contributed by atoms with E-state index in [1.54, 1.807) is 0 Å². The van der Waals surface area contributed by atoms with Crippen molar-refractivity contribution in [3.63, 3.8) is 0 Å². The number of hydrogen-bond donors (Lipinski definition) is 2.